The largest absolute Gasteiger partial charge is 0.330 e. The molecular formula is C12H14Cl2N4. The highest BCUT2D eigenvalue weighted by Gasteiger charge is 2.05. The van der Waals surface area contributed by atoms with Gasteiger partial charge in [-0.1, -0.05) is 29.3 Å². The van der Waals surface area contributed by atoms with Crippen LogP contribution < -0.4 is 5.73 Å². The minimum atomic E-state index is 0.553. The number of nitrogens with one attached hydrogen (secondary N) is 1. The molecular weight excluding hydrogens is 271 g/mol. The number of hydrogen-bond acceptors (Lipinski definition) is 3. The molecule has 18 heavy (non-hydrogen) atoms. The fourth-order valence-electron chi connectivity index (χ4n) is 1.63. The minimum Gasteiger partial charge on any atom is -0.330 e. The first kappa shape index (κ1) is 13.3. The Hall–Kier alpha value is -1.10. The van der Waals surface area contributed by atoms with Crippen LogP contribution in [0.15, 0.2) is 18.2 Å². The summed E-state index contributed by atoms with van der Waals surface area (Å²) in [5.41, 5.74) is 6.49. The van der Waals surface area contributed by atoms with Crippen LogP contribution in [0.25, 0.3) is 0 Å². The summed E-state index contributed by atoms with van der Waals surface area (Å²) in [6.45, 7) is 0.649. The van der Waals surface area contributed by atoms with Crippen molar-refractivity contribution in [3.63, 3.8) is 0 Å². The average Bonchev–Trinajstić information content (AvgIpc) is 2.79. The first-order valence-electron chi connectivity index (χ1n) is 5.73. The van der Waals surface area contributed by atoms with E-state index in [1.54, 1.807) is 6.07 Å². The molecule has 1 aromatic heterocycles. The lowest BCUT2D eigenvalue weighted by Crippen LogP contribution is -2.01. The summed E-state index contributed by atoms with van der Waals surface area (Å²) in [6.07, 6.45) is 2.35. The molecule has 96 valence electrons. The lowest BCUT2D eigenvalue weighted by molar-refractivity contribution is 0.785. The summed E-state index contributed by atoms with van der Waals surface area (Å²) in [7, 11) is 0. The standard InChI is InChI=1S/C12H14Cl2N4/c13-9-4-3-8(6-10(9)14)7-12-16-11(17-18-12)2-1-5-15/h3-4,6H,1-2,5,7,15H2,(H,16,17,18). The number of benzene rings is 1. The molecule has 0 spiro atoms. The molecule has 0 amide bonds. The van der Waals surface area contributed by atoms with E-state index >= 15 is 0 Å². The van der Waals surface area contributed by atoms with Crippen LogP contribution in [-0.4, -0.2) is 21.7 Å². The van der Waals surface area contributed by atoms with Crippen molar-refractivity contribution in [1.29, 1.82) is 0 Å². The molecule has 0 unspecified atom stereocenters. The average molecular weight is 285 g/mol. The van der Waals surface area contributed by atoms with Crippen molar-refractivity contribution in [2.45, 2.75) is 19.3 Å². The second kappa shape index (κ2) is 6.18. The number of aromatic amines is 1. The summed E-state index contributed by atoms with van der Waals surface area (Å²) >= 11 is 11.8. The molecule has 0 atom stereocenters. The van der Waals surface area contributed by atoms with Crippen molar-refractivity contribution in [3.05, 3.63) is 45.5 Å². The molecule has 1 aromatic carbocycles. The Morgan fingerprint density at radius 3 is 2.78 bits per heavy atom. The van der Waals surface area contributed by atoms with Gasteiger partial charge in [-0.05, 0) is 30.7 Å². The maximum atomic E-state index is 5.96. The van der Waals surface area contributed by atoms with Crippen molar-refractivity contribution in [3.8, 4) is 0 Å². The van der Waals surface area contributed by atoms with Crippen molar-refractivity contribution in [2.75, 3.05) is 6.54 Å². The first-order chi connectivity index (χ1) is 8.69. The third-order valence-corrected chi connectivity index (χ3v) is 3.28. The SMILES string of the molecule is NCCCc1n[nH]c(Cc2ccc(Cl)c(Cl)c2)n1. The Morgan fingerprint density at radius 1 is 1.22 bits per heavy atom. The van der Waals surface area contributed by atoms with E-state index in [1.165, 1.54) is 0 Å². The number of halogens is 2. The second-order valence-electron chi connectivity index (χ2n) is 4.02. The zero-order valence-electron chi connectivity index (χ0n) is 9.79. The van der Waals surface area contributed by atoms with E-state index < -0.39 is 0 Å². The monoisotopic (exact) mass is 284 g/mol. The number of nitrogens with zero attached hydrogens (tertiary/aromatic N) is 2. The molecule has 0 fully saturated rings. The van der Waals surface area contributed by atoms with Gasteiger partial charge in [0, 0.05) is 12.8 Å². The van der Waals surface area contributed by atoms with Crippen LogP contribution in [0.5, 0.6) is 0 Å². The van der Waals surface area contributed by atoms with E-state index in [0.29, 0.717) is 23.0 Å². The van der Waals surface area contributed by atoms with Gasteiger partial charge in [-0.3, -0.25) is 5.10 Å². The molecule has 0 bridgehead atoms. The van der Waals surface area contributed by atoms with Crippen LogP contribution in [0.3, 0.4) is 0 Å². The van der Waals surface area contributed by atoms with Gasteiger partial charge in [0.1, 0.15) is 5.82 Å². The van der Waals surface area contributed by atoms with Crippen LogP contribution in [0.2, 0.25) is 10.0 Å². The van der Waals surface area contributed by atoms with Gasteiger partial charge in [-0.2, -0.15) is 5.10 Å². The van der Waals surface area contributed by atoms with E-state index in [-0.39, 0.29) is 0 Å². The molecule has 0 aliphatic rings. The number of hydrogen-bond donors (Lipinski definition) is 2. The zero-order chi connectivity index (χ0) is 13.0. The first-order valence-corrected chi connectivity index (χ1v) is 6.49. The van der Waals surface area contributed by atoms with Crippen LogP contribution in [0.4, 0.5) is 0 Å². The molecule has 0 aliphatic heterocycles. The predicted molar refractivity (Wildman–Crippen MR) is 73.0 cm³/mol. The van der Waals surface area contributed by atoms with E-state index in [2.05, 4.69) is 15.2 Å². The quantitative estimate of drug-likeness (QED) is 0.887. The Balaban J connectivity index is 2.04. The van der Waals surface area contributed by atoms with Crippen molar-refractivity contribution >= 4 is 23.2 Å². The van der Waals surface area contributed by atoms with Gasteiger partial charge in [0.15, 0.2) is 5.82 Å². The predicted octanol–water partition coefficient (Wildman–Crippen LogP) is 2.59. The van der Waals surface area contributed by atoms with Crippen LogP contribution in [-0.2, 0) is 12.8 Å². The number of aryl methyl sites for hydroxylation is 1. The van der Waals surface area contributed by atoms with Gasteiger partial charge in [-0.25, -0.2) is 4.98 Å². The fraction of sp³-hybridized carbons (Fsp3) is 0.333. The molecule has 1 heterocycles. The van der Waals surface area contributed by atoms with E-state index in [1.807, 2.05) is 12.1 Å². The summed E-state index contributed by atoms with van der Waals surface area (Å²) in [5.74, 6) is 1.62. The number of aromatic nitrogens is 3. The number of rotatable bonds is 5. The van der Waals surface area contributed by atoms with Crippen molar-refractivity contribution in [2.24, 2.45) is 5.73 Å². The van der Waals surface area contributed by atoms with Gasteiger partial charge in [0.05, 0.1) is 10.0 Å². The number of nitrogens with two attached hydrogens (primary N) is 1. The second-order valence-corrected chi connectivity index (χ2v) is 4.83. The Labute approximate surface area is 116 Å². The molecule has 0 aliphatic carbocycles. The van der Waals surface area contributed by atoms with Crippen LogP contribution >= 0.6 is 23.2 Å². The smallest absolute Gasteiger partial charge is 0.150 e. The summed E-state index contributed by atoms with van der Waals surface area (Å²) in [4.78, 5) is 4.40. The highest BCUT2D eigenvalue weighted by Crippen LogP contribution is 2.23. The third kappa shape index (κ3) is 3.45. The van der Waals surface area contributed by atoms with Gasteiger partial charge < -0.3 is 5.73 Å². The Bertz CT molecular complexity index is 525. The summed E-state index contributed by atoms with van der Waals surface area (Å²) in [6, 6.07) is 5.55. The van der Waals surface area contributed by atoms with Gasteiger partial charge in [0.2, 0.25) is 0 Å². The molecule has 2 rings (SSSR count). The Morgan fingerprint density at radius 2 is 2.06 bits per heavy atom. The Kier molecular flexibility index (Phi) is 4.58. The molecule has 6 heteroatoms. The van der Waals surface area contributed by atoms with Crippen molar-refractivity contribution < 1.29 is 0 Å². The van der Waals surface area contributed by atoms with Crippen LogP contribution in [0, 0.1) is 0 Å². The minimum absolute atomic E-state index is 0.553. The van der Waals surface area contributed by atoms with E-state index in [9.17, 15) is 0 Å². The van der Waals surface area contributed by atoms with E-state index in [0.717, 1.165) is 30.1 Å². The molecule has 4 nitrogen and oxygen atoms in total. The van der Waals surface area contributed by atoms with Gasteiger partial charge >= 0.3 is 0 Å². The summed E-state index contributed by atoms with van der Waals surface area (Å²) < 4.78 is 0. The molecule has 2 aromatic rings. The highest BCUT2D eigenvalue weighted by molar-refractivity contribution is 6.42. The zero-order valence-corrected chi connectivity index (χ0v) is 11.3. The molecule has 0 saturated carbocycles. The number of H-pyrrole nitrogens is 1. The van der Waals surface area contributed by atoms with Gasteiger partial charge in [0.25, 0.3) is 0 Å². The van der Waals surface area contributed by atoms with Crippen LogP contribution in [0.1, 0.15) is 23.6 Å². The normalized spacial score (nSPS) is 10.8. The topological polar surface area (TPSA) is 67.6 Å². The van der Waals surface area contributed by atoms with Crippen molar-refractivity contribution in [1.82, 2.24) is 15.2 Å². The molecule has 3 N–H and O–H groups in total. The lowest BCUT2D eigenvalue weighted by atomic mass is 10.1. The lowest BCUT2D eigenvalue weighted by Gasteiger charge is -2.00. The third-order valence-electron chi connectivity index (χ3n) is 2.54. The fourth-order valence-corrected chi connectivity index (χ4v) is 1.95. The highest BCUT2D eigenvalue weighted by atomic mass is 35.5. The summed E-state index contributed by atoms with van der Waals surface area (Å²) in [5, 5.41) is 8.17. The maximum absolute atomic E-state index is 5.96. The molecule has 0 saturated heterocycles. The molecule has 0 radical (unpaired) electrons. The van der Waals surface area contributed by atoms with Gasteiger partial charge in [-0.15, -0.1) is 0 Å². The maximum Gasteiger partial charge on any atom is 0.150 e. The van der Waals surface area contributed by atoms with E-state index in [4.69, 9.17) is 28.9 Å².